The molecule has 0 bridgehead atoms. The third kappa shape index (κ3) is 6.05. The molecule has 0 heterocycles. The van der Waals surface area contributed by atoms with Crippen molar-refractivity contribution in [1.82, 2.24) is 4.72 Å². The molecule has 0 spiro atoms. The van der Waals surface area contributed by atoms with E-state index in [9.17, 15) is 5.26 Å². The second kappa shape index (κ2) is 9.41. The molecule has 0 aromatic heterocycles. The molecule has 2 N–H and O–H groups in total. The van der Waals surface area contributed by atoms with Crippen LogP contribution in [0.1, 0.15) is 82.6 Å². The molecule has 0 aliphatic carbocycles. The molecular formula is C25H33N3S. The van der Waals surface area contributed by atoms with Crippen LogP contribution in [0.15, 0.2) is 53.7 Å². The summed E-state index contributed by atoms with van der Waals surface area (Å²) in [5.74, 6) is 1.56. The van der Waals surface area contributed by atoms with Gasteiger partial charge in [0.1, 0.15) is 5.82 Å². The quantitative estimate of drug-likeness (QED) is 0.473. The van der Waals surface area contributed by atoms with Crippen molar-refractivity contribution in [2.24, 2.45) is 0 Å². The maximum Gasteiger partial charge on any atom is 0.106 e. The van der Waals surface area contributed by atoms with Crippen LogP contribution in [0.5, 0.6) is 0 Å². The van der Waals surface area contributed by atoms with Crippen LogP contribution >= 0.6 is 11.9 Å². The highest BCUT2D eigenvalue weighted by atomic mass is 32.2. The Balaban J connectivity index is 2.21. The van der Waals surface area contributed by atoms with Crippen LogP contribution in [0, 0.1) is 11.3 Å². The molecule has 0 fully saturated rings. The van der Waals surface area contributed by atoms with Crippen molar-refractivity contribution < 1.29 is 0 Å². The lowest BCUT2D eigenvalue weighted by Crippen LogP contribution is -2.15. The van der Waals surface area contributed by atoms with E-state index in [0.29, 0.717) is 17.4 Å². The molecule has 3 nitrogen and oxygen atoms in total. The highest BCUT2D eigenvalue weighted by molar-refractivity contribution is 7.97. The van der Waals surface area contributed by atoms with Crippen LogP contribution in [0.3, 0.4) is 0 Å². The molecule has 0 atom stereocenters. The first-order chi connectivity index (χ1) is 13.5. The summed E-state index contributed by atoms with van der Waals surface area (Å²) in [7, 11) is 0. The number of anilines is 1. The fourth-order valence-corrected chi connectivity index (χ4v) is 3.81. The monoisotopic (exact) mass is 407 g/mol. The molecule has 0 aliphatic rings. The van der Waals surface area contributed by atoms with Gasteiger partial charge in [0, 0.05) is 10.6 Å². The molecule has 154 valence electrons. The van der Waals surface area contributed by atoms with Gasteiger partial charge in [0.05, 0.1) is 11.6 Å². The molecule has 0 saturated heterocycles. The molecule has 2 rings (SSSR count). The van der Waals surface area contributed by atoms with Crippen LogP contribution < -0.4 is 10.0 Å². The fraction of sp³-hybridized carbons (Fsp3) is 0.400. The topological polar surface area (TPSA) is 47.9 Å². The van der Waals surface area contributed by atoms with E-state index in [1.54, 1.807) is 0 Å². The molecule has 2 aromatic carbocycles. The van der Waals surface area contributed by atoms with Crippen LogP contribution in [-0.2, 0) is 5.41 Å². The Morgan fingerprint density at radius 2 is 1.62 bits per heavy atom. The Morgan fingerprint density at radius 1 is 1.03 bits per heavy atom. The first kappa shape index (κ1) is 22.9. The zero-order chi connectivity index (χ0) is 21.8. The van der Waals surface area contributed by atoms with Gasteiger partial charge >= 0.3 is 0 Å². The van der Waals surface area contributed by atoms with Gasteiger partial charge in [0.15, 0.2) is 0 Å². The van der Waals surface area contributed by atoms with Gasteiger partial charge < -0.3 is 10.0 Å². The molecule has 29 heavy (non-hydrogen) atoms. The highest BCUT2D eigenvalue weighted by Gasteiger charge is 2.17. The minimum absolute atomic E-state index is 0.0141. The van der Waals surface area contributed by atoms with Gasteiger partial charge in [-0.05, 0) is 64.1 Å². The minimum atomic E-state index is -0.0141. The molecule has 2 aromatic rings. The van der Waals surface area contributed by atoms with Crippen molar-refractivity contribution in [2.75, 3.05) is 5.32 Å². The minimum Gasteiger partial charge on any atom is -0.341 e. The third-order valence-electron chi connectivity index (χ3n) is 4.84. The van der Waals surface area contributed by atoms with Gasteiger partial charge in [-0.25, -0.2) is 0 Å². The predicted molar refractivity (Wildman–Crippen MR) is 126 cm³/mol. The average molecular weight is 408 g/mol. The summed E-state index contributed by atoms with van der Waals surface area (Å²) in [6.07, 6.45) is 0. The number of nitrogens with one attached hydrogen (secondary N) is 2. The van der Waals surface area contributed by atoms with Gasteiger partial charge in [-0.2, -0.15) is 5.26 Å². The normalized spacial score (nSPS) is 11.4. The van der Waals surface area contributed by atoms with Crippen LogP contribution in [0.25, 0.3) is 0 Å². The van der Waals surface area contributed by atoms with E-state index in [0.717, 1.165) is 22.0 Å². The molecule has 0 saturated carbocycles. The number of hydrogen-bond acceptors (Lipinski definition) is 4. The van der Waals surface area contributed by atoms with E-state index in [-0.39, 0.29) is 5.41 Å². The van der Waals surface area contributed by atoms with E-state index in [1.807, 2.05) is 12.1 Å². The standard InChI is InChI=1S/C25H33N3S/c1-16(2)22-10-9-11-23(17(3)4)24(22)27-18(5)28-29-21-13-19(15-26)12-20(14-21)25(6,7)8/h9-14,16-17,27-28H,5H2,1-4,6-8H3. The van der Waals surface area contributed by atoms with Gasteiger partial charge in [-0.15, -0.1) is 0 Å². The molecule has 0 radical (unpaired) electrons. The van der Waals surface area contributed by atoms with E-state index in [1.165, 1.54) is 23.1 Å². The number of benzene rings is 2. The van der Waals surface area contributed by atoms with E-state index >= 15 is 0 Å². The summed E-state index contributed by atoms with van der Waals surface area (Å²) < 4.78 is 3.31. The Morgan fingerprint density at radius 3 is 2.10 bits per heavy atom. The van der Waals surface area contributed by atoms with Crippen LogP contribution in [0.2, 0.25) is 0 Å². The number of hydrogen-bond donors (Lipinski definition) is 2. The highest BCUT2D eigenvalue weighted by Crippen LogP contribution is 2.33. The van der Waals surface area contributed by atoms with Gasteiger partial charge in [0.2, 0.25) is 0 Å². The molecular weight excluding hydrogens is 374 g/mol. The van der Waals surface area contributed by atoms with Crippen molar-refractivity contribution in [3.05, 3.63) is 71.1 Å². The van der Waals surface area contributed by atoms with Crippen LogP contribution in [-0.4, -0.2) is 0 Å². The summed E-state index contributed by atoms with van der Waals surface area (Å²) in [6.45, 7) is 19.5. The lowest BCUT2D eigenvalue weighted by molar-refractivity contribution is 0.588. The second-order valence-electron chi connectivity index (χ2n) is 9.04. The lowest BCUT2D eigenvalue weighted by Gasteiger charge is -2.23. The summed E-state index contributed by atoms with van der Waals surface area (Å²) in [5.41, 5.74) is 5.51. The van der Waals surface area contributed by atoms with Crippen LogP contribution in [0.4, 0.5) is 5.69 Å². The SMILES string of the molecule is C=C(NSc1cc(C#N)cc(C(C)(C)C)c1)Nc1c(C(C)C)cccc1C(C)C. The zero-order valence-electron chi connectivity index (χ0n) is 18.7. The molecule has 0 aliphatic heterocycles. The largest absolute Gasteiger partial charge is 0.341 e. The fourth-order valence-electron chi connectivity index (χ4n) is 3.15. The Hall–Kier alpha value is -2.38. The summed E-state index contributed by atoms with van der Waals surface area (Å²) in [4.78, 5) is 0.998. The second-order valence-corrected chi connectivity index (χ2v) is 9.92. The molecule has 0 amide bonds. The first-order valence-electron chi connectivity index (χ1n) is 10.1. The van der Waals surface area contributed by atoms with Gasteiger partial charge in [-0.1, -0.05) is 73.2 Å². The van der Waals surface area contributed by atoms with E-state index < -0.39 is 0 Å². The van der Waals surface area contributed by atoms with Crippen molar-refractivity contribution in [3.8, 4) is 6.07 Å². The van der Waals surface area contributed by atoms with Crippen molar-refractivity contribution in [2.45, 2.75) is 70.6 Å². The Labute approximate surface area is 180 Å². The zero-order valence-corrected chi connectivity index (χ0v) is 19.5. The first-order valence-corrected chi connectivity index (χ1v) is 10.9. The lowest BCUT2D eigenvalue weighted by atomic mass is 9.86. The number of nitrogens with zero attached hydrogens (tertiary/aromatic N) is 1. The van der Waals surface area contributed by atoms with E-state index in [4.69, 9.17) is 0 Å². The van der Waals surface area contributed by atoms with Crippen molar-refractivity contribution in [3.63, 3.8) is 0 Å². The maximum atomic E-state index is 9.38. The van der Waals surface area contributed by atoms with Gasteiger partial charge in [-0.3, -0.25) is 0 Å². The summed E-state index contributed by atoms with van der Waals surface area (Å²) >= 11 is 1.47. The Bertz CT molecular complexity index is 888. The number of para-hydroxylation sites is 1. The molecule has 0 unspecified atom stereocenters. The summed E-state index contributed by atoms with van der Waals surface area (Å²) in [6, 6.07) is 14.7. The predicted octanol–water partition coefficient (Wildman–Crippen LogP) is 7.28. The number of rotatable bonds is 7. The average Bonchev–Trinajstić information content (AvgIpc) is 2.65. The molecule has 4 heteroatoms. The van der Waals surface area contributed by atoms with Crippen molar-refractivity contribution in [1.29, 1.82) is 5.26 Å². The van der Waals surface area contributed by atoms with E-state index in [2.05, 4.69) is 95.4 Å². The summed E-state index contributed by atoms with van der Waals surface area (Å²) in [5, 5.41) is 12.9. The maximum absolute atomic E-state index is 9.38. The van der Waals surface area contributed by atoms with Gasteiger partial charge in [0.25, 0.3) is 0 Å². The Kier molecular flexibility index (Phi) is 7.43. The van der Waals surface area contributed by atoms with Crippen molar-refractivity contribution >= 4 is 17.6 Å². The third-order valence-corrected chi connectivity index (χ3v) is 5.66. The number of nitriles is 1. The smallest absolute Gasteiger partial charge is 0.106 e.